The van der Waals surface area contributed by atoms with Gasteiger partial charge in [0.15, 0.2) is 0 Å². The van der Waals surface area contributed by atoms with Gasteiger partial charge in [0, 0.05) is 18.1 Å². The quantitative estimate of drug-likeness (QED) is 0.923. The van der Waals surface area contributed by atoms with Crippen LogP contribution in [0.15, 0.2) is 24.3 Å². The SMILES string of the molecule is CCC1OCCC1C(O)c1ccccc1OC(F)(F)F. The van der Waals surface area contributed by atoms with E-state index in [0.29, 0.717) is 19.4 Å². The molecule has 1 aliphatic heterocycles. The zero-order valence-electron chi connectivity index (χ0n) is 11.1. The Bertz CT molecular complexity index is 448. The molecule has 0 bridgehead atoms. The third kappa shape index (κ3) is 3.43. The molecule has 6 heteroatoms. The number of benzene rings is 1. The molecule has 3 atom stereocenters. The molecule has 1 N–H and O–H groups in total. The summed E-state index contributed by atoms with van der Waals surface area (Å²) in [5, 5.41) is 10.4. The molecule has 0 radical (unpaired) electrons. The lowest BCUT2D eigenvalue weighted by Gasteiger charge is -2.24. The fraction of sp³-hybridized carbons (Fsp3) is 0.571. The van der Waals surface area contributed by atoms with Gasteiger partial charge in [-0.15, -0.1) is 13.2 Å². The maximum Gasteiger partial charge on any atom is 0.573 e. The van der Waals surface area contributed by atoms with Gasteiger partial charge >= 0.3 is 6.36 Å². The molecule has 1 aromatic rings. The number of aliphatic hydroxyl groups is 1. The highest BCUT2D eigenvalue weighted by molar-refractivity contribution is 5.35. The largest absolute Gasteiger partial charge is 0.573 e. The van der Waals surface area contributed by atoms with Crippen molar-refractivity contribution in [2.75, 3.05) is 6.61 Å². The van der Waals surface area contributed by atoms with Crippen molar-refractivity contribution in [1.29, 1.82) is 0 Å². The van der Waals surface area contributed by atoms with Crippen molar-refractivity contribution in [2.45, 2.75) is 38.3 Å². The van der Waals surface area contributed by atoms with Crippen LogP contribution in [-0.4, -0.2) is 24.2 Å². The molecule has 0 saturated carbocycles. The Kier molecular flexibility index (Phi) is 4.55. The zero-order valence-corrected chi connectivity index (χ0v) is 11.1. The lowest BCUT2D eigenvalue weighted by atomic mass is 9.88. The average molecular weight is 290 g/mol. The topological polar surface area (TPSA) is 38.7 Å². The summed E-state index contributed by atoms with van der Waals surface area (Å²) in [6.07, 6.45) is -4.60. The van der Waals surface area contributed by atoms with Gasteiger partial charge in [0.2, 0.25) is 0 Å². The van der Waals surface area contributed by atoms with Crippen LogP contribution in [0.5, 0.6) is 5.75 Å². The van der Waals surface area contributed by atoms with Gasteiger partial charge in [-0.25, -0.2) is 0 Å². The lowest BCUT2D eigenvalue weighted by Crippen LogP contribution is -2.24. The minimum absolute atomic E-state index is 0.135. The van der Waals surface area contributed by atoms with Crippen LogP contribution < -0.4 is 4.74 Å². The Hall–Kier alpha value is -1.27. The van der Waals surface area contributed by atoms with E-state index in [1.807, 2.05) is 6.92 Å². The lowest BCUT2D eigenvalue weighted by molar-refractivity contribution is -0.275. The van der Waals surface area contributed by atoms with Crippen LogP contribution in [0.1, 0.15) is 31.4 Å². The molecule has 1 saturated heterocycles. The Morgan fingerprint density at radius 3 is 2.75 bits per heavy atom. The molecule has 1 fully saturated rings. The van der Waals surface area contributed by atoms with Crippen molar-refractivity contribution in [3.63, 3.8) is 0 Å². The summed E-state index contributed by atoms with van der Waals surface area (Å²) in [5.41, 5.74) is 0.152. The standard InChI is InChI=1S/C14H17F3O3/c1-2-11-10(7-8-19-11)13(18)9-5-3-4-6-12(9)20-14(15,16)17/h3-6,10-11,13,18H,2,7-8H2,1H3. The molecule has 1 aromatic carbocycles. The first kappa shape index (κ1) is 15.1. The van der Waals surface area contributed by atoms with Crippen LogP contribution in [0.3, 0.4) is 0 Å². The summed E-state index contributed by atoms with van der Waals surface area (Å²) in [4.78, 5) is 0. The molecule has 1 aliphatic rings. The van der Waals surface area contributed by atoms with Gasteiger partial charge in [0.05, 0.1) is 12.2 Å². The fourth-order valence-corrected chi connectivity index (χ4v) is 2.62. The molecule has 3 nitrogen and oxygen atoms in total. The number of halogens is 3. The van der Waals surface area contributed by atoms with E-state index in [2.05, 4.69) is 4.74 Å². The van der Waals surface area contributed by atoms with Gasteiger partial charge in [-0.1, -0.05) is 25.1 Å². The minimum atomic E-state index is -4.77. The molecule has 3 unspecified atom stereocenters. The second-order valence-corrected chi connectivity index (χ2v) is 4.80. The summed E-state index contributed by atoms with van der Waals surface area (Å²) in [5.74, 6) is -0.563. The summed E-state index contributed by atoms with van der Waals surface area (Å²) >= 11 is 0. The fourth-order valence-electron chi connectivity index (χ4n) is 2.62. The molecule has 0 aliphatic carbocycles. The Morgan fingerprint density at radius 2 is 2.10 bits per heavy atom. The molecule has 0 spiro atoms. The number of rotatable bonds is 4. The molecule has 0 amide bonds. The monoisotopic (exact) mass is 290 g/mol. The Balaban J connectivity index is 2.23. The van der Waals surface area contributed by atoms with E-state index in [1.54, 1.807) is 6.07 Å². The predicted octanol–water partition coefficient (Wildman–Crippen LogP) is 3.43. The molecule has 112 valence electrons. The molecular weight excluding hydrogens is 273 g/mol. The summed E-state index contributed by atoms with van der Waals surface area (Å²) in [6.45, 7) is 2.44. The van der Waals surface area contributed by atoms with Crippen molar-refractivity contribution in [3.8, 4) is 5.75 Å². The van der Waals surface area contributed by atoms with Gasteiger partial charge in [-0.3, -0.25) is 0 Å². The smallest absolute Gasteiger partial charge is 0.405 e. The van der Waals surface area contributed by atoms with E-state index < -0.39 is 12.5 Å². The van der Waals surface area contributed by atoms with Crippen LogP contribution in [-0.2, 0) is 4.74 Å². The average Bonchev–Trinajstić information content (AvgIpc) is 2.85. The van der Waals surface area contributed by atoms with Crippen LogP contribution in [0, 0.1) is 5.92 Å². The van der Waals surface area contributed by atoms with E-state index in [9.17, 15) is 18.3 Å². The number of ether oxygens (including phenoxy) is 2. The van der Waals surface area contributed by atoms with Gasteiger partial charge in [-0.05, 0) is 18.9 Å². The highest BCUT2D eigenvalue weighted by Gasteiger charge is 2.37. The molecule has 1 heterocycles. The molecule has 0 aromatic heterocycles. The number of hydrogen-bond donors (Lipinski definition) is 1. The van der Waals surface area contributed by atoms with Gasteiger partial charge in [0.25, 0.3) is 0 Å². The highest BCUT2D eigenvalue weighted by atomic mass is 19.4. The maximum atomic E-state index is 12.4. The van der Waals surface area contributed by atoms with Gasteiger partial charge < -0.3 is 14.6 Å². The van der Waals surface area contributed by atoms with Crippen molar-refractivity contribution >= 4 is 0 Å². The number of aliphatic hydroxyl groups excluding tert-OH is 1. The minimum Gasteiger partial charge on any atom is -0.405 e. The molecule has 2 rings (SSSR count). The van der Waals surface area contributed by atoms with Crippen molar-refractivity contribution in [2.24, 2.45) is 5.92 Å². The first-order chi connectivity index (χ1) is 9.42. The zero-order chi connectivity index (χ0) is 14.8. The second kappa shape index (κ2) is 6.01. The van der Waals surface area contributed by atoms with Gasteiger partial charge in [-0.2, -0.15) is 0 Å². The van der Waals surface area contributed by atoms with Gasteiger partial charge in [0.1, 0.15) is 5.75 Å². The first-order valence-electron chi connectivity index (χ1n) is 6.56. The van der Waals surface area contributed by atoms with E-state index in [1.165, 1.54) is 18.2 Å². The van der Waals surface area contributed by atoms with E-state index in [4.69, 9.17) is 4.74 Å². The van der Waals surface area contributed by atoms with Crippen molar-refractivity contribution in [1.82, 2.24) is 0 Å². The summed E-state index contributed by atoms with van der Waals surface area (Å²) in [7, 11) is 0. The van der Waals surface area contributed by atoms with Crippen molar-refractivity contribution in [3.05, 3.63) is 29.8 Å². The van der Waals surface area contributed by atoms with E-state index in [-0.39, 0.29) is 23.3 Å². The third-order valence-corrected chi connectivity index (χ3v) is 3.53. The van der Waals surface area contributed by atoms with Crippen LogP contribution in [0.25, 0.3) is 0 Å². The van der Waals surface area contributed by atoms with Crippen LogP contribution in [0.2, 0.25) is 0 Å². The third-order valence-electron chi connectivity index (χ3n) is 3.53. The maximum absolute atomic E-state index is 12.4. The molecule has 20 heavy (non-hydrogen) atoms. The highest BCUT2D eigenvalue weighted by Crippen LogP contribution is 2.39. The second-order valence-electron chi connectivity index (χ2n) is 4.80. The normalized spacial score (nSPS) is 24.6. The Morgan fingerprint density at radius 1 is 1.40 bits per heavy atom. The Labute approximate surface area is 115 Å². The summed E-state index contributed by atoms with van der Waals surface area (Å²) in [6, 6.07) is 5.69. The van der Waals surface area contributed by atoms with Crippen LogP contribution in [0.4, 0.5) is 13.2 Å². The molecular formula is C14H17F3O3. The van der Waals surface area contributed by atoms with E-state index in [0.717, 1.165) is 0 Å². The summed E-state index contributed by atoms with van der Waals surface area (Å²) < 4.78 is 46.6. The first-order valence-corrected chi connectivity index (χ1v) is 6.56. The van der Waals surface area contributed by atoms with Crippen molar-refractivity contribution < 1.29 is 27.8 Å². The van der Waals surface area contributed by atoms with Crippen LogP contribution >= 0.6 is 0 Å². The predicted molar refractivity (Wildman–Crippen MR) is 66.2 cm³/mol. The number of alkyl halides is 3. The number of para-hydroxylation sites is 1. The van der Waals surface area contributed by atoms with E-state index >= 15 is 0 Å². The number of hydrogen-bond acceptors (Lipinski definition) is 3.